The number of benzene rings is 1. The van der Waals surface area contributed by atoms with Gasteiger partial charge in [-0.3, -0.25) is 14.9 Å². The molecule has 1 aliphatic rings. The molecular formula is C14H20N4O3. The van der Waals surface area contributed by atoms with Crippen LogP contribution >= 0.6 is 0 Å². The zero-order chi connectivity index (χ0) is 15.2. The van der Waals surface area contributed by atoms with Gasteiger partial charge in [-0.25, -0.2) is 0 Å². The topological polar surface area (TPSA) is 96.3 Å². The predicted molar refractivity (Wildman–Crippen MR) is 80.6 cm³/mol. The maximum atomic E-state index is 11.6. The molecule has 0 radical (unpaired) electrons. The van der Waals surface area contributed by atoms with Crippen molar-refractivity contribution in [3.05, 3.63) is 33.9 Å². The van der Waals surface area contributed by atoms with E-state index >= 15 is 0 Å². The molecule has 2 rings (SSSR count). The summed E-state index contributed by atoms with van der Waals surface area (Å²) < 4.78 is 0. The van der Waals surface area contributed by atoms with E-state index in [-0.39, 0.29) is 23.2 Å². The minimum Gasteiger partial charge on any atom is -0.375 e. The molecule has 7 nitrogen and oxygen atoms in total. The Balaban J connectivity index is 2.21. The van der Waals surface area contributed by atoms with Crippen molar-refractivity contribution in [1.29, 1.82) is 0 Å². The van der Waals surface area contributed by atoms with Crippen molar-refractivity contribution < 1.29 is 9.72 Å². The van der Waals surface area contributed by atoms with Gasteiger partial charge in [0.15, 0.2) is 0 Å². The minimum atomic E-state index is -0.459. The molecule has 0 aromatic heterocycles. The lowest BCUT2D eigenvalue weighted by molar-refractivity contribution is -0.384. The molecule has 1 aliphatic heterocycles. The Morgan fingerprint density at radius 1 is 1.43 bits per heavy atom. The number of hydrogen-bond donors (Lipinski definition) is 3. The molecule has 1 amide bonds. The van der Waals surface area contributed by atoms with Gasteiger partial charge in [0.1, 0.15) is 5.69 Å². The number of nitro groups is 1. The van der Waals surface area contributed by atoms with Crippen LogP contribution in [0.2, 0.25) is 0 Å². The highest BCUT2D eigenvalue weighted by atomic mass is 16.6. The zero-order valence-electron chi connectivity index (χ0n) is 12.0. The highest BCUT2D eigenvalue weighted by Crippen LogP contribution is 2.27. The van der Waals surface area contributed by atoms with Gasteiger partial charge in [-0.15, -0.1) is 0 Å². The summed E-state index contributed by atoms with van der Waals surface area (Å²) >= 11 is 0. The number of rotatable bonds is 4. The number of amides is 1. The van der Waals surface area contributed by atoms with Crippen LogP contribution in [0.3, 0.4) is 0 Å². The van der Waals surface area contributed by atoms with Crippen LogP contribution in [0.4, 0.5) is 11.4 Å². The van der Waals surface area contributed by atoms with Crippen LogP contribution in [0.1, 0.15) is 29.6 Å². The predicted octanol–water partition coefficient (Wildman–Crippen LogP) is 1.51. The van der Waals surface area contributed by atoms with E-state index < -0.39 is 4.92 Å². The third-order valence-electron chi connectivity index (χ3n) is 3.59. The van der Waals surface area contributed by atoms with Gasteiger partial charge < -0.3 is 16.0 Å². The lowest BCUT2D eigenvalue weighted by atomic mass is 10.1. The second-order valence-corrected chi connectivity index (χ2v) is 5.11. The number of nitrogens with zero attached hydrogens (tertiary/aromatic N) is 1. The molecule has 1 heterocycles. The largest absolute Gasteiger partial charge is 0.375 e. The van der Waals surface area contributed by atoms with Gasteiger partial charge in [0, 0.05) is 31.3 Å². The smallest absolute Gasteiger partial charge is 0.293 e. The fourth-order valence-electron chi connectivity index (χ4n) is 2.45. The highest BCUT2D eigenvalue weighted by molar-refractivity contribution is 5.95. The molecule has 1 saturated heterocycles. The number of nitro benzene ring substituents is 1. The molecule has 7 heteroatoms. The maximum absolute atomic E-state index is 11.6. The average molecular weight is 292 g/mol. The van der Waals surface area contributed by atoms with Crippen molar-refractivity contribution in [1.82, 2.24) is 10.6 Å². The summed E-state index contributed by atoms with van der Waals surface area (Å²) in [5.41, 5.74) is 0.676. The Morgan fingerprint density at radius 2 is 2.24 bits per heavy atom. The van der Waals surface area contributed by atoms with Crippen LogP contribution in [-0.4, -0.2) is 37.0 Å². The first kappa shape index (κ1) is 15.2. The van der Waals surface area contributed by atoms with Crippen LogP contribution in [-0.2, 0) is 0 Å². The molecule has 0 spiro atoms. The number of anilines is 1. The van der Waals surface area contributed by atoms with Crippen molar-refractivity contribution >= 4 is 17.3 Å². The Morgan fingerprint density at radius 3 is 2.95 bits per heavy atom. The lowest BCUT2D eigenvalue weighted by Crippen LogP contribution is -2.31. The Labute approximate surface area is 123 Å². The van der Waals surface area contributed by atoms with Gasteiger partial charge >= 0.3 is 0 Å². The molecule has 1 aromatic rings. The summed E-state index contributed by atoms with van der Waals surface area (Å²) in [6.45, 7) is 1.77. The van der Waals surface area contributed by atoms with E-state index in [0.717, 1.165) is 32.4 Å². The van der Waals surface area contributed by atoms with Gasteiger partial charge in [-0.05, 0) is 31.5 Å². The number of hydrogen-bond acceptors (Lipinski definition) is 5. The van der Waals surface area contributed by atoms with E-state index in [1.54, 1.807) is 12.1 Å². The fourth-order valence-corrected chi connectivity index (χ4v) is 2.45. The van der Waals surface area contributed by atoms with E-state index in [4.69, 9.17) is 0 Å². The van der Waals surface area contributed by atoms with Gasteiger partial charge in [0.05, 0.1) is 4.92 Å². The zero-order valence-corrected chi connectivity index (χ0v) is 12.0. The molecule has 1 atom stereocenters. The monoisotopic (exact) mass is 292 g/mol. The van der Waals surface area contributed by atoms with Crippen molar-refractivity contribution in [2.75, 3.05) is 25.5 Å². The third kappa shape index (κ3) is 3.91. The van der Waals surface area contributed by atoms with E-state index in [1.165, 1.54) is 13.1 Å². The molecule has 21 heavy (non-hydrogen) atoms. The van der Waals surface area contributed by atoms with Gasteiger partial charge in [0.25, 0.3) is 11.6 Å². The third-order valence-corrected chi connectivity index (χ3v) is 3.59. The summed E-state index contributed by atoms with van der Waals surface area (Å²) in [6, 6.07) is 4.68. The van der Waals surface area contributed by atoms with Crippen molar-refractivity contribution in [2.24, 2.45) is 0 Å². The molecular weight excluding hydrogens is 272 g/mol. The summed E-state index contributed by atoms with van der Waals surface area (Å²) in [6.07, 6.45) is 3.19. The van der Waals surface area contributed by atoms with Gasteiger partial charge in [-0.2, -0.15) is 0 Å². The van der Waals surface area contributed by atoms with E-state index in [0.29, 0.717) is 5.69 Å². The molecule has 0 aliphatic carbocycles. The summed E-state index contributed by atoms with van der Waals surface area (Å²) in [5.74, 6) is -0.333. The normalized spacial score (nSPS) is 18.6. The van der Waals surface area contributed by atoms with E-state index in [1.807, 2.05) is 0 Å². The molecule has 114 valence electrons. The van der Waals surface area contributed by atoms with Crippen LogP contribution < -0.4 is 16.0 Å². The van der Waals surface area contributed by atoms with Crippen LogP contribution in [0.5, 0.6) is 0 Å². The summed E-state index contributed by atoms with van der Waals surface area (Å²) in [4.78, 5) is 22.3. The second kappa shape index (κ2) is 7.03. The van der Waals surface area contributed by atoms with E-state index in [2.05, 4.69) is 16.0 Å². The van der Waals surface area contributed by atoms with Crippen molar-refractivity contribution in [3.63, 3.8) is 0 Å². The minimum absolute atomic E-state index is 0.0691. The summed E-state index contributed by atoms with van der Waals surface area (Å²) in [7, 11) is 1.50. The molecule has 1 aromatic carbocycles. The Bertz CT molecular complexity index is 525. The second-order valence-electron chi connectivity index (χ2n) is 5.11. The molecule has 3 N–H and O–H groups in total. The molecule has 0 bridgehead atoms. The first-order chi connectivity index (χ1) is 10.1. The maximum Gasteiger partial charge on any atom is 0.293 e. The quantitative estimate of drug-likeness (QED) is 0.577. The van der Waals surface area contributed by atoms with Crippen LogP contribution in [0, 0.1) is 10.1 Å². The number of carbonyl (C=O) groups is 1. The average Bonchev–Trinajstić information content (AvgIpc) is 2.75. The molecule has 1 unspecified atom stereocenters. The molecule has 0 saturated carbocycles. The van der Waals surface area contributed by atoms with Crippen LogP contribution in [0.15, 0.2) is 18.2 Å². The highest BCUT2D eigenvalue weighted by Gasteiger charge is 2.20. The van der Waals surface area contributed by atoms with Crippen LogP contribution in [0.25, 0.3) is 0 Å². The van der Waals surface area contributed by atoms with Gasteiger partial charge in [0.2, 0.25) is 0 Å². The molecule has 1 fully saturated rings. The standard InChI is InChI=1S/C14H20N4O3/c1-15-14(19)10-5-6-12(13(8-10)18(20)21)17-11-4-2-3-7-16-9-11/h5-6,8,11,16-17H,2-4,7,9H2,1H3,(H,15,19). The first-order valence-corrected chi connectivity index (χ1v) is 7.09. The van der Waals surface area contributed by atoms with Gasteiger partial charge in [-0.1, -0.05) is 6.42 Å². The van der Waals surface area contributed by atoms with Crippen molar-refractivity contribution in [3.8, 4) is 0 Å². The summed E-state index contributed by atoms with van der Waals surface area (Å²) in [5, 5.41) is 20.2. The fraction of sp³-hybridized carbons (Fsp3) is 0.500. The Kier molecular flexibility index (Phi) is 5.10. The van der Waals surface area contributed by atoms with Crippen molar-refractivity contribution in [2.45, 2.75) is 25.3 Å². The number of nitrogens with one attached hydrogen (secondary N) is 3. The van der Waals surface area contributed by atoms with E-state index in [9.17, 15) is 14.9 Å². The lowest BCUT2D eigenvalue weighted by Gasteiger charge is -2.18. The number of carbonyl (C=O) groups excluding carboxylic acids is 1. The SMILES string of the molecule is CNC(=O)c1ccc(NC2CCCCNC2)c([N+](=O)[O-])c1. The Hall–Kier alpha value is -2.15. The first-order valence-electron chi connectivity index (χ1n) is 7.09.